The lowest BCUT2D eigenvalue weighted by atomic mass is 9.96. The minimum absolute atomic E-state index is 0.0464. The van der Waals surface area contributed by atoms with Crippen molar-refractivity contribution in [1.82, 2.24) is 0 Å². The molecule has 0 aliphatic heterocycles. The van der Waals surface area contributed by atoms with Crippen LogP contribution >= 0.6 is 0 Å². The Morgan fingerprint density at radius 1 is 0.567 bits per heavy atom. The molecule has 0 radical (unpaired) electrons. The van der Waals surface area contributed by atoms with E-state index in [4.69, 9.17) is 8.83 Å². The Morgan fingerprint density at radius 3 is 1.77 bits per heavy atom. The molecule has 2 heterocycles. The van der Waals surface area contributed by atoms with Gasteiger partial charge in [0.05, 0.1) is 10.8 Å². The van der Waals surface area contributed by atoms with Crippen molar-refractivity contribution in [2.45, 2.75) is 0 Å². The molecule has 0 unspecified atom stereocenters. The highest BCUT2D eigenvalue weighted by Crippen LogP contribution is 2.49. The van der Waals surface area contributed by atoms with Crippen LogP contribution in [0.1, 0.15) is 0 Å². The SMILES string of the molecule is O=c1oc2c(O)c(-c3ccc(O)c(O)c3O)cc3c(=O)oc4c(O)c(O)cc1c4c23. The minimum atomic E-state index is -0.997. The van der Waals surface area contributed by atoms with Gasteiger partial charge in [0.1, 0.15) is 0 Å². The summed E-state index contributed by atoms with van der Waals surface area (Å²) < 4.78 is 10.3. The van der Waals surface area contributed by atoms with Crippen LogP contribution in [0.25, 0.3) is 43.8 Å². The normalized spacial score (nSPS) is 11.7. The maximum atomic E-state index is 12.6. The first-order valence-corrected chi connectivity index (χ1v) is 8.38. The average Bonchev–Trinajstić information content (AvgIpc) is 2.71. The van der Waals surface area contributed by atoms with Gasteiger partial charge in [-0.3, -0.25) is 0 Å². The van der Waals surface area contributed by atoms with Gasteiger partial charge in [0.25, 0.3) is 0 Å². The van der Waals surface area contributed by atoms with Gasteiger partial charge in [0, 0.05) is 21.9 Å². The van der Waals surface area contributed by atoms with Crippen LogP contribution in [-0.2, 0) is 0 Å². The van der Waals surface area contributed by atoms with E-state index < -0.39 is 56.9 Å². The Balaban J connectivity index is 2.05. The number of rotatable bonds is 1. The van der Waals surface area contributed by atoms with E-state index in [0.29, 0.717) is 0 Å². The maximum Gasteiger partial charge on any atom is 0.344 e. The molecule has 30 heavy (non-hydrogen) atoms. The van der Waals surface area contributed by atoms with Crippen LogP contribution in [0.5, 0.6) is 34.5 Å². The van der Waals surface area contributed by atoms with E-state index in [1.807, 2.05) is 0 Å². The van der Waals surface area contributed by atoms with Crippen LogP contribution in [0.15, 0.2) is 42.7 Å². The summed E-state index contributed by atoms with van der Waals surface area (Å²) in [6.07, 6.45) is 0. The van der Waals surface area contributed by atoms with Crippen molar-refractivity contribution in [3.63, 3.8) is 0 Å². The highest BCUT2D eigenvalue weighted by Gasteiger charge is 2.26. The second-order valence-corrected chi connectivity index (χ2v) is 6.63. The van der Waals surface area contributed by atoms with E-state index in [1.165, 1.54) is 6.07 Å². The lowest BCUT2D eigenvalue weighted by molar-refractivity contribution is 0.368. The summed E-state index contributed by atoms with van der Waals surface area (Å²) in [7, 11) is 0. The molecule has 0 fully saturated rings. The van der Waals surface area contributed by atoms with Gasteiger partial charge in [-0.2, -0.15) is 0 Å². The first kappa shape index (κ1) is 17.5. The zero-order chi connectivity index (χ0) is 21.5. The third kappa shape index (κ3) is 2.01. The van der Waals surface area contributed by atoms with Gasteiger partial charge in [0.15, 0.2) is 34.2 Å². The molecule has 0 spiro atoms. The highest BCUT2D eigenvalue weighted by atomic mass is 16.4. The average molecular weight is 410 g/mol. The summed E-state index contributed by atoms with van der Waals surface area (Å²) >= 11 is 0. The fourth-order valence-electron chi connectivity index (χ4n) is 3.59. The predicted molar refractivity (Wildman–Crippen MR) is 103 cm³/mol. The van der Waals surface area contributed by atoms with Crippen LogP contribution in [-0.4, -0.2) is 30.6 Å². The van der Waals surface area contributed by atoms with Gasteiger partial charge in [-0.25, -0.2) is 9.59 Å². The van der Waals surface area contributed by atoms with Gasteiger partial charge < -0.3 is 39.5 Å². The number of phenolic OH excluding ortho intramolecular Hbond substituents is 6. The van der Waals surface area contributed by atoms with Gasteiger partial charge in [-0.1, -0.05) is 0 Å². The zero-order valence-corrected chi connectivity index (χ0v) is 14.6. The Morgan fingerprint density at radius 2 is 1.13 bits per heavy atom. The van der Waals surface area contributed by atoms with Crippen molar-refractivity contribution in [3.8, 4) is 45.6 Å². The molecule has 10 nitrogen and oxygen atoms in total. The monoisotopic (exact) mass is 410 g/mol. The second-order valence-electron chi connectivity index (χ2n) is 6.63. The summed E-state index contributed by atoms with van der Waals surface area (Å²) in [4.78, 5) is 25.1. The van der Waals surface area contributed by atoms with Crippen molar-refractivity contribution in [1.29, 1.82) is 0 Å². The third-order valence-corrected chi connectivity index (χ3v) is 4.99. The van der Waals surface area contributed by atoms with Crippen LogP contribution in [0.3, 0.4) is 0 Å². The zero-order valence-electron chi connectivity index (χ0n) is 14.6. The maximum absolute atomic E-state index is 12.6. The molecule has 0 saturated carbocycles. The second kappa shape index (κ2) is 5.47. The van der Waals surface area contributed by atoms with Crippen molar-refractivity contribution in [3.05, 3.63) is 45.1 Å². The van der Waals surface area contributed by atoms with E-state index in [-0.39, 0.29) is 32.7 Å². The molecule has 0 aliphatic rings. The lowest BCUT2D eigenvalue weighted by Crippen LogP contribution is -2.07. The smallest absolute Gasteiger partial charge is 0.344 e. The predicted octanol–water partition coefficient (Wildman–Crippen LogP) is 2.39. The molecule has 3 aromatic carbocycles. The van der Waals surface area contributed by atoms with E-state index in [2.05, 4.69) is 0 Å². The lowest BCUT2D eigenvalue weighted by Gasteiger charge is -2.14. The molecule has 0 aliphatic carbocycles. The van der Waals surface area contributed by atoms with Crippen molar-refractivity contribution >= 4 is 32.7 Å². The molecule has 6 N–H and O–H groups in total. The first-order valence-electron chi connectivity index (χ1n) is 8.38. The van der Waals surface area contributed by atoms with Crippen molar-refractivity contribution in [2.75, 3.05) is 0 Å². The number of benzene rings is 3. The van der Waals surface area contributed by atoms with Gasteiger partial charge in [-0.05, 0) is 24.3 Å². The van der Waals surface area contributed by atoms with E-state index in [9.17, 15) is 40.2 Å². The molecule has 5 rings (SSSR count). The van der Waals surface area contributed by atoms with Gasteiger partial charge in [0.2, 0.25) is 11.5 Å². The molecule has 2 aromatic heterocycles. The topological polar surface area (TPSA) is 182 Å². The molecule has 0 saturated heterocycles. The Labute approximate surface area is 163 Å². The third-order valence-electron chi connectivity index (χ3n) is 4.99. The first-order chi connectivity index (χ1) is 14.2. The highest BCUT2D eigenvalue weighted by molar-refractivity contribution is 6.23. The molecule has 0 atom stereocenters. The summed E-state index contributed by atoms with van der Waals surface area (Å²) in [5, 5.41) is 59.7. The molecule has 0 bridgehead atoms. The summed E-state index contributed by atoms with van der Waals surface area (Å²) in [6.45, 7) is 0. The van der Waals surface area contributed by atoms with Crippen molar-refractivity contribution in [2.24, 2.45) is 0 Å². The molecule has 0 amide bonds. The Bertz CT molecular complexity index is 1640. The van der Waals surface area contributed by atoms with E-state index in [1.54, 1.807) is 0 Å². The Hall–Kier alpha value is -4.60. The quantitative estimate of drug-likeness (QED) is 0.136. The van der Waals surface area contributed by atoms with Crippen molar-refractivity contribution < 1.29 is 39.5 Å². The van der Waals surface area contributed by atoms with E-state index in [0.717, 1.165) is 18.2 Å². The van der Waals surface area contributed by atoms with Crippen LogP contribution < -0.4 is 11.3 Å². The number of hydrogen-bond donors (Lipinski definition) is 6. The van der Waals surface area contributed by atoms with Crippen LogP contribution in [0.2, 0.25) is 0 Å². The number of phenols is 6. The molecular weight excluding hydrogens is 400 g/mol. The van der Waals surface area contributed by atoms with Gasteiger partial charge in [-0.15, -0.1) is 0 Å². The summed E-state index contributed by atoms with van der Waals surface area (Å²) in [5.41, 5.74) is -3.25. The van der Waals surface area contributed by atoms with E-state index >= 15 is 0 Å². The summed E-state index contributed by atoms with van der Waals surface area (Å²) in [6, 6.07) is 4.29. The standard InChI is InChI=1S/C20H10O10/c21-9-2-1-5(13(23)15(9)25)6-3-7-11-12-8(20(28)29-17(11)14(6)24)4-10(22)16(26)18(12)30-19(7)27/h1-4,21-26H. The minimum Gasteiger partial charge on any atom is -0.504 e. The molecule has 10 heteroatoms. The number of aromatic hydroxyl groups is 6. The fraction of sp³-hybridized carbons (Fsp3) is 0. The van der Waals surface area contributed by atoms with Crippen LogP contribution in [0, 0.1) is 0 Å². The van der Waals surface area contributed by atoms with Crippen LogP contribution in [0.4, 0.5) is 0 Å². The Kier molecular flexibility index (Phi) is 3.19. The molecular formula is C20H10O10. The fourth-order valence-corrected chi connectivity index (χ4v) is 3.59. The summed E-state index contributed by atoms with van der Waals surface area (Å²) in [5.74, 6) is -4.38. The number of hydrogen-bond acceptors (Lipinski definition) is 10. The molecule has 150 valence electrons. The van der Waals surface area contributed by atoms with Gasteiger partial charge >= 0.3 is 11.3 Å². The molecule has 5 aromatic rings. The largest absolute Gasteiger partial charge is 0.504 e.